The van der Waals surface area contributed by atoms with E-state index in [1.807, 2.05) is 12.1 Å². The Bertz CT molecular complexity index is 952. The quantitative estimate of drug-likeness (QED) is 0.423. The summed E-state index contributed by atoms with van der Waals surface area (Å²) in [4.78, 5) is 0. The predicted molar refractivity (Wildman–Crippen MR) is 113 cm³/mol. The molecule has 1 fully saturated rings. The van der Waals surface area contributed by atoms with Gasteiger partial charge in [0.1, 0.15) is 11.6 Å². The summed E-state index contributed by atoms with van der Waals surface area (Å²) >= 11 is 0. The number of halogens is 2. The zero-order valence-electron chi connectivity index (χ0n) is 16.6. The molecule has 1 saturated carbocycles. The fraction of sp³-hybridized carbons (Fsp3) is 0.385. The summed E-state index contributed by atoms with van der Waals surface area (Å²) in [6.07, 6.45) is 9.09. The third kappa shape index (κ3) is 4.11. The van der Waals surface area contributed by atoms with Gasteiger partial charge >= 0.3 is 0 Å². The molecule has 1 aliphatic carbocycles. The third-order valence-electron chi connectivity index (χ3n) is 6.54. The molecule has 1 aliphatic rings. The zero-order chi connectivity index (χ0) is 19.5. The minimum absolute atomic E-state index is 0.271. The highest BCUT2D eigenvalue weighted by atomic mass is 19.1. The number of aryl methyl sites for hydroxylation is 1. The molecule has 0 radical (unpaired) electrons. The van der Waals surface area contributed by atoms with E-state index in [9.17, 15) is 4.39 Å². The standard InChI is InChI=1S/C26H28F2/c1-2-18-6-8-19(9-7-18)10-11-20-12-14-24-22(16-20)13-15-25(26(24)28)21-4-3-5-23(27)17-21/h3-5,12-19H,2,6-11H2,1H3. The molecule has 0 heterocycles. The van der Waals surface area contributed by atoms with Crippen LogP contribution in [0.15, 0.2) is 54.6 Å². The first kappa shape index (κ1) is 19.1. The van der Waals surface area contributed by atoms with Gasteiger partial charge in [-0.2, -0.15) is 0 Å². The largest absolute Gasteiger partial charge is 0.207 e. The Morgan fingerprint density at radius 3 is 2.39 bits per heavy atom. The van der Waals surface area contributed by atoms with Crippen LogP contribution in [0.5, 0.6) is 0 Å². The number of benzene rings is 3. The van der Waals surface area contributed by atoms with E-state index in [1.165, 1.54) is 56.2 Å². The van der Waals surface area contributed by atoms with Gasteiger partial charge in [0, 0.05) is 10.9 Å². The molecule has 3 aromatic rings. The number of rotatable bonds is 5. The molecule has 0 aromatic heterocycles. The Morgan fingerprint density at radius 1 is 0.857 bits per heavy atom. The van der Waals surface area contributed by atoms with Gasteiger partial charge in [-0.15, -0.1) is 0 Å². The van der Waals surface area contributed by atoms with Gasteiger partial charge in [0.2, 0.25) is 0 Å². The first-order valence-electron chi connectivity index (χ1n) is 10.6. The van der Waals surface area contributed by atoms with Gasteiger partial charge in [0.15, 0.2) is 0 Å². The fourth-order valence-electron chi connectivity index (χ4n) is 4.67. The summed E-state index contributed by atoms with van der Waals surface area (Å²) in [5.74, 6) is 1.16. The topological polar surface area (TPSA) is 0 Å². The Hall–Kier alpha value is -2.22. The summed E-state index contributed by atoms with van der Waals surface area (Å²) in [6.45, 7) is 2.30. The average molecular weight is 379 g/mol. The molecule has 28 heavy (non-hydrogen) atoms. The average Bonchev–Trinajstić information content (AvgIpc) is 2.73. The van der Waals surface area contributed by atoms with Crippen LogP contribution in [0.2, 0.25) is 0 Å². The van der Waals surface area contributed by atoms with E-state index in [0.717, 1.165) is 23.6 Å². The van der Waals surface area contributed by atoms with E-state index in [1.54, 1.807) is 18.2 Å². The molecule has 0 unspecified atom stereocenters. The molecule has 0 aliphatic heterocycles. The van der Waals surface area contributed by atoms with Gasteiger partial charge in [0.05, 0.1) is 0 Å². The Balaban J connectivity index is 1.50. The lowest BCUT2D eigenvalue weighted by Crippen LogP contribution is -2.14. The van der Waals surface area contributed by atoms with Crippen LogP contribution in [-0.2, 0) is 6.42 Å². The summed E-state index contributed by atoms with van der Waals surface area (Å²) in [6, 6.07) is 15.9. The van der Waals surface area contributed by atoms with Gasteiger partial charge < -0.3 is 0 Å². The summed E-state index contributed by atoms with van der Waals surface area (Å²) in [5.41, 5.74) is 2.31. The van der Waals surface area contributed by atoms with E-state index in [4.69, 9.17) is 0 Å². The second-order valence-electron chi connectivity index (χ2n) is 8.33. The Kier molecular flexibility index (Phi) is 5.75. The van der Waals surface area contributed by atoms with Crippen LogP contribution >= 0.6 is 0 Å². The van der Waals surface area contributed by atoms with Crippen LogP contribution in [0.25, 0.3) is 21.9 Å². The molecule has 0 bridgehead atoms. The van der Waals surface area contributed by atoms with Crippen LogP contribution in [0.3, 0.4) is 0 Å². The molecule has 0 spiro atoms. The lowest BCUT2D eigenvalue weighted by atomic mass is 9.78. The van der Waals surface area contributed by atoms with Crippen LogP contribution in [0, 0.1) is 23.5 Å². The van der Waals surface area contributed by atoms with E-state index >= 15 is 4.39 Å². The monoisotopic (exact) mass is 378 g/mol. The molecule has 2 heteroatoms. The molecule has 0 nitrogen and oxygen atoms in total. The lowest BCUT2D eigenvalue weighted by molar-refractivity contribution is 0.259. The summed E-state index contributed by atoms with van der Waals surface area (Å²) < 4.78 is 28.6. The molecule has 0 amide bonds. The molecule has 0 N–H and O–H groups in total. The molecular formula is C26H28F2. The van der Waals surface area contributed by atoms with E-state index in [2.05, 4.69) is 19.1 Å². The van der Waals surface area contributed by atoms with Crippen molar-refractivity contribution in [3.63, 3.8) is 0 Å². The predicted octanol–water partition coefficient (Wildman–Crippen LogP) is 7.93. The molecule has 4 rings (SSSR count). The normalized spacial score (nSPS) is 19.8. The highest BCUT2D eigenvalue weighted by Gasteiger charge is 2.19. The Labute approximate surface area is 166 Å². The van der Waals surface area contributed by atoms with Crippen molar-refractivity contribution in [2.24, 2.45) is 11.8 Å². The van der Waals surface area contributed by atoms with E-state index < -0.39 is 0 Å². The second kappa shape index (κ2) is 8.43. The molecule has 0 atom stereocenters. The van der Waals surface area contributed by atoms with Gasteiger partial charge in [0.25, 0.3) is 0 Å². The van der Waals surface area contributed by atoms with Gasteiger partial charge in [-0.1, -0.05) is 81.5 Å². The SMILES string of the molecule is CCC1CCC(CCc2ccc3c(F)c(-c4cccc(F)c4)ccc3c2)CC1. The maximum Gasteiger partial charge on any atom is 0.138 e. The number of hydrogen-bond donors (Lipinski definition) is 0. The molecule has 3 aromatic carbocycles. The maximum atomic E-state index is 15.0. The van der Waals surface area contributed by atoms with Crippen molar-refractivity contribution < 1.29 is 8.78 Å². The smallest absolute Gasteiger partial charge is 0.138 e. The van der Waals surface area contributed by atoms with Crippen LogP contribution in [0.1, 0.15) is 51.0 Å². The second-order valence-corrected chi connectivity index (χ2v) is 8.33. The summed E-state index contributed by atoms with van der Waals surface area (Å²) in [5, 5.41) is 1.53. The molecule has 0 saturated heterocycles. The van der Waals surface area contributed by atoms with Crippen molar-refractivity contribution in [1.29, 1.82) is 0 Å². The van der Waals surface area contributed by atoms with Crippen molar-refractivity contribution in [3.05, 3.63) is 71.8 Å². The number of fused-ring (bicyclic) bond motifs is 1. The Morgan fingerprint density at radius 2 is 1.64 bits per heavy atom. The molecule has 146 valence electrons. The molecular weight excluding hydrogens is 350 g/mol. The van der Waals surface area contributed by atoms with E-state index in [0.29, 0.717) is 16.5 Å². The van der Waals surface area contributed by atoms with Crippen molar-refractivity contribution in [1.82, 2.24) is 0 Å². The minimum Gasteiger partial charge on any atom is -0.207 e. The summed E-state index contributed by atoms with van der Waals surface area (Å²) in [7, 11) is 0. The highest BCUT2D eigenvalue weighted by Crippen LogP contribution is 2.34. The third-order valence-corrected chi connectivity index (χ3v) is 6.54. The van der Waals surface area contributed by atoms with Crippen molar-refractivity contribution in [3.8, 4) is 11.1 Å². The number of hydrogen-bond acceptors (Lipinski definition) is 0. The van der Waals surface area contributed by atoms with Gasteiger partial charge in [-0.25, -0.2) is 8.78 Å². The van der Waals surface area contributed by atoms with Gasteiger partial charge in [-0.3, -0.25) is 0 Å². The van der Waals surface area contributed by atoms with E-state index in [-0.39, 0.29) is 11.6 Å². The minimum atomic E-state index is -0.347. The maximum absolute atomic E-state index is 15.0. The zero-order valence-corrected chi connectivity index (χ0v) is 16.6. The highest BCUT2D eigenvalue weighted by molar-refractivity contribution is 5.88. The van der Waals surface area contributed by atoms with Crippen LogP contribution in [-0.4, -0.2) is 0 Å². The first-order valence-corrected chi connectivity index (χ1v) is 10.6. The first-order chi connectivity index (χ1) is 13.6. The van der Waals surface area contributed by atoms with Gasteiger partial charge in [-0.05, 0) is 53.3 Å². The van der Waals surface area contributed by atoms with Crippen molar-refractivity contribution >= 4 is 10.8 Å². The lowest BCUT2D eigenvalue weighted by Gasteiger charge is -2.27. The van der Waals surface area contributed by atoms with Crippen LogP contribution < -0.4 is 0 Å². The van der Waals surface area contributed by atoms with Crippen LogP contribution in [0.4, 0.5) is 8.78 Å². The fourth-order valence-corrected chi connectivity index (χ4v) is 4.67. The van der Waals surface area contributed by atoms with Crippen molar-refractivity contribution in [2.75, 3.05) is 0 Å². The van der Waals surface area contributed by atoms with Crippen molar-refractivity contribution in [2.45, 2.75) is 51.9 Å².